The number of benzene rings is 2. The molecular weight excluding hydrogens is 376 g/mol. The minimum Gasteiger partial charge on any atom is -0.497 e. The van der Waals surface area contributed by atoms with Gasteiger partial charge >= 0.3 is 0 Å². The fourth-order valence-corrected chi connectivity index (χ4v) is 3.60. The van der Waals surface area contributed by atoms with Gasteiger partial charge in [-0.05, 0) is 50.2 Å². The van der Waals surface area contributed by atoms with Gasteiger partial charge in [-0.25, -0.2) is 4.98 Å². The van der Waals surface area contributed by atoms with Crippen LogP contribution in [0.4, 0.5) is 0 Å². The summed E-state index contributed by atoms with van der Waals surface area (Å²) in [4.78, 5) is 7.93. The lowest BCUT2D eigenvalue weighted by Gasteiger charge is -2.03. The van der Waals surface area contributed by atoms with Gasteiger partial charge in [-0.1, -0.05) is 11.8 Å². The summed E-state index contributed by atoms with van der Waals surface area (Å²) in [6, 6.07) is 13.3. The molecule has 2 aromatic heterocycles. The van der Waals surface area contributed by atoms with Gasteiger partial charge in [0, 0.05) is 11.6 Å². The zero-order chi connectivity index (χ0) is 19.5. The second-order valence-corrected chi connectivity index (χ2v) is 7.42. The number of thioether (sulfide) groups is 1. The van der Waals surface area contributed by atoms with Crippen LogP contribution in [-0.2, 0) is 0 Å². The SMILES string of the molecule is CCOc1ccc2nc(S[C@H](C)c3nnc(-c4ccc(OC)cc4)o3)[nH]c2c1. The monoisotopic (exact) mass is 396 g/mol. The summed E-state index contributed by atoms with van der Waals surface area (Å²) in [5.74, 6) is 2.64. The molecule has 0 amide bonds. The Balaban J connectivity index is 1.49. The number of rotatable bonds is 7. The van der Waals surface area contributed by atoms with Crippen LogP contribution in [-0.4, -0.2) is 33.9 Å². The predicted molar refractivity (Wildman–Crippen MR) is 108 cm³/mol. The van der Waals surface area contributed by atoms with E-state index in [0.29, 0.717) is 18.4 Å². The van der Waals surface area contributed by atoms with Crippen molar-refractivity contribution in [3.05, 3.63) is 48.4 Å². The summed E-state index contributed by atoms with van der Waals surface area (Å²) >= 11 is 1.53. The summed E-state index contributed by atoms with van der Waals surface area (Å²) in [5, 5.41) is 9.10. The molecular formula is C20H20N4O3S. The first-order valence-electron chi connectivity index (χ1n) is 8.93. The van der Waals surface area contributed by atoms with E-state index >= 15 is 0 Å². The van der Waals surface area contributed by atoms with Crippen LogP contribution in [0.2, 0.25) is 0 Å². The van der Waals surface area contributed by atoms with Crippen LogP contribution in [0, 0.1) is 0 Å². The second kappa shape index (κ2) is 7.93. The summed E-state index contributed by atoms with van der Waals surface area (Å²) in [7, 11) is 1.63. The molecule has 7 nitrogen and oxygen atoms in total. The Morgan fingerprint density at radius 1 is 1.11 bits per heavy atom. The van der Waals surface area contributed by atoms with Crippen molar-refractivity contribution in [3.63, 3.8) is 0 Å². The maximum Gasteiger partial charge on any atom is 0.247 e. The van der Waals surface area contributed by atoms with Crippen LogP contribution in [0.5, 0.6) is 11.5 Å². The number of nitrogens with zero attached hydrogens (tertiary/aromatic N) is 3. The molecule has 0 radical (unpaired) electrons. The van der Waals surface area contributed by atoms with Crippen LogP contribution in [0.1, 0.15) is 25.0 Å². The molecule has 0 spiro atoms. The molecule has 0 saturated carbocycles. The van der Waals surface area contributed by atoms with Gasteiger partial charge in [0.2, 0.25) is 11.8 Å². The average molecular weight is 396 g/mol. The molecule has 28 heavy (non-hydrogen) atoms. The minimum atomic E-state index is -0.0496. The molecule has 4 rings (SSSR count). The van der Waals surface area contributed by atoms with E-state index in [-0.39, 0.29) is 5.25 Å². The fraction of sp³-hybridized carbons (Fsp3) is 0.250. The molecule has 8 heteroatoms. The van der Waals surface area contributed by atoms with Crippen LogP contribution in [0.3, 0.4) is 0 Å². The third-order valence-electron chi connectivity index (χ3n) is 4.16. The summed E-state index contributed by atoms with van der Waals surface area (Å²) < 4.78 is 16.6. The van der Waals surface area contributed by atoms with E-state index < -0.39 is 0 Å². The zero-order valence-electron chi connectivity index (χ0n) is 15.8. The van der Waals surface area contributed by atoms with E-state index in [1.165, 1.54) is 11.8 Å². The van der Waals surface area contributed by atoms with Gasteiger partial charge in [-0.2, -0.15) is 0 Å². The topological polar surface area (TPSA) is 86.1 Å². The smallest absolute Gasteiger partial charge is 0.247 e. The van der Waals surface area contributed by atoms with Gasteiger partial charge in [0.05, 0.1) is 30.0 Å². The van der Waals surface area contributed by atoms with E-state index in [9.17, 15) is 0 Å². The molecule has 4 aromatic rings. The number of H-pyrrole nitrogens is 1. The molecule has 144 valence electrons. The fourth-order valence-electron chi connectivity index (χ4n) is 2.74. The average Bonchev–Trinajstić information content (AvgIpc) is 3.35. The van der Waals surface area contributed by atoms with Crippen molar-refractivity contribution in [1.82, 2.24) is 20.2 Å². The molecule has 0 aliphatic carbocycles. The van der Waals surface area contributed by atoms with Crippen molar-refractivity contribution < 1.29 is 13.9 Å². The van der Waals surface area contributed by atoms with E-state index in [2.05, 4.69) is 20.2 Å². The molecule has 0 fully saturated rings. The Hall–Kier alpha value is -3.00. The van der Waals surface area contributed by atoms with E-state index in [1.807, 2.05) is 56.3 Å². The van der Waals surface area contributed by atoms with E-state index in [4.69, 9.17) is 13.9 Å². The highest BCUT2D eigenvalue weighted by molar-refractivity contribution is 7.99. The Morgan fingerprint density at radius 2 is 1.89 bits per heavy atom. The summed E-state index contributed by atoms with van der Waals surface area (Å²) in [5.41, 5.74) is 2.68. The van der Waals surface area contributed by atoms with Gasteiger partial charge < -0.3 is 18.9 Å². The summed E-state index contributed by atoms with van der Waals surface area (Å²) in [6.07, 6.45) is 0. The Morgan fingerprint density at radius 3 is 2.64 bits per heavy atom. The number of hydrogen-bond donors (Lipinski definition) is 1. The number of hydrogen-bond acceptors (Lipinski definition) is 7. The van der Waals surface area contributed by atoms with Crippen molar-refractivity contribution in [1.29, 1.82) is 0 Å². The first-order valence-corrected chi connectivity index (χ1v) is 9.81. The summed E-state index contributed by atoms with van der Waals surface area (Å²) in [6.45, 7) is 4.60. The Labute approximate surface area is 166 Å². The number of methoxy groups -OCH3 is 1. The molecule has 2 aromatic carbocycles. The maximum atomic E-state index is 5.86. The van der Waals surface area contributed by atoms with Crippen LogP contribution in [0.25, 0.3) is 22.5 Å². The van der Waals surface area contributed by atoms with Crippen molar-refractivity contribution in [2.45, 2.75) is 24.3 Å². The van der Waals surface area contributed by atoms with Gasteiger partial charge in [0.25, 0.3) is 0 Å². The lowest BCUT2D eigenvalue weighted by molar-refractivity contribution is 0.340. The number of imidazole rings is 1. The largest absolute Gasteiger partial charge is 0.497 e. The van der Waals surface area contributed by atoms with E-state index in [1.54, 1.807) is 7.11 Å². The van der Waals surface area contributed by atoms with Gasteiger partial charge in [0.15, 0.2) is 5.16 Å². The molecule has 1 atom stereocenters. The number of aromatic amines is 1. The normalized spacial score (nSPS) is 12.2. The van der Waals surface area contributed by atoms with Crippen molar-refractivity contribution in [3.8, 4) is 23.0 Å². The zero-order valence-corrected chi connectivity index (χ0v) is 16.6. The Kier molecular flexibility index (Phi) is 5.21. The second-order valence-electron chi connectivity index (χ2n) is 6.09. The first-order chi connectivity index (χ1) is 13.7. The molecule has 0 aliphatic rings. The molecule has 2 heterocycles. The minimum absolute atomic E-state index is 0.0496. The molecule has 1 N–H and O–H groups in total. The lowest BCUT2D eigenvalue weighted by atomic mass is 10.2. The Bertz CT molecular complexity index is 1070. The van der Waals surface area contributed by atoms with Crippen LogP contribution >= 0.6 is 11.8 Å². The number of ether oxygens (including phenoxy) is 2. The molecule has 0 bridgehead atoms. The van der Waals surface area contributed by atoms with Crippen LogP contribution < -0.4 is 9.47 Å². The first kappa shape index (κ1) is 18.4. The highest BCUT2D eigenvalue weighted by atomic mass is 32.2. The van der Waals surface area contributed by atoms with Crippen molar-refractivity contribution in [2.75, 3.05) is 13.7 Å². The number of aromatic nitrogens is 4. The van der Waals surface area contributed by atoms with Crippen molar-refractivity contribution >= 4 is 22.8 Å². The molecule has 0 unspecified atom stereocenters. The van der Waals surface area contributed by atoms with Crippen LogP contribution in [0.15, 0.2) is 52.0 Å². The highest BCUT2D eigenvalue weighted by Gasteiger charge is 2.18. The molecule has 0 aliphatic heterocycles. The van der Waals surface area contributed by atoms with Gasteiger partial charge in [-0.3, -0.25) is 0 Å². The van der Waals surface area contributed by atoms with Gasteiger partial charge in [0.1, 0.15) is 11.5 Å². The maximum absolute atomic E-state index is 5.86. The standard InChI is InChI=1S/C20H20N4O3S/c1-4-26-15-9-10-16-17(11-15)22-20(21-16)28-12(2)18-23-24-19(27-18)13-5-7-14(25-3)8-6-13/h5-12H,4H2,1-3H3,(H,21,22)/t12-/m1/s1. The quantitative estimate of drug-likeness (QED) is 0.446. The lowest BCUT2D eigenvalue weighted by Crippen LogP contribution is -1.90. The predicted octanol–water partition coefficient (Wildman–Crippen LogP) is 4.87. The van der Waals surface area contributed by atoms with Crippen molar-refractivity contribution in [2.24, 2.45) is 0 Å². The van der Waals surface area contributed by atoms with Gasteiger partial charge in [-0.15, -0.1) is 10.2 Å². The highest BCUT2D eigenvalue weighted by Crippen LogP contribution is 2.35. The molecule has 0 saturated heterocycles. The number of fused-ring (bicyclic) bond motifs is 1. The third-order valence-corrected chi connectivity index (χ3v) is 5.13. The number of nitrogens with one attached hydrogen (secondary N) is 1. The third kappa shape index (κ3) is 3.82. The van der Waals surface area contributed by atoms with E-state index in [0.717, 1.165) is 33.3 Å².